The molecule has 0 spiro atoms. The summed E-state index contributed by atoms with van der Waals surface area (Å²) in [6.45, 7) is 6.82. The lowest BCUT2D eigenvalue weighted by Crippen LogP contribution is -2.49. The van der Waals surface area contributed by atoms with E-state index in [2.05, 4.69) is 41.7 Å². The molecule has 9 heteroatoms. The average molecular weight is 659 g/mol. The third-order valence-electron chi connectivity index (χ3n) is 8.09. The van der Waals surface area contributed by atoms with Gasteiger partial charge in [-0.1, -0.05) is 109 Å². The molecule has 1 aromatic heterocycles. The number of ether oxygens (including phenoxy) is 2. The number of nitrogens with zero attached hydrogens (tertiary/aromatic N) is 3. The minimum Gasteiger partial charge on any atom is -0.467 e. The van der Waals surface area contributed by atoms with Crippen molar-refractivity contribution >= 4 is 23.7 Å². The first-order valence-electron chi connectivity index (χ1n) is 16.2. The third-order valence-corrected chi connectivity index (χ3v) is 8.09. The molecule has 9 nitrogen and oxygen atoms in total. The second-order valence-electron chi connectivity index (χ2n) is 12.8. The van der Waals surface area contributed by atoms with E-state index >= 15 is 0 Å². The predicted molar refractivity (Wildman–Crippen MR) is 189 cm³/mol. The molecule has 5 rings (SSSR count). The van der Waals surface area contributed by atoms with Crippen LogP contribution < -0.4 is 10.2 Å². The molecule has 1 N–H and O–H groups in total. The zero-order valence-electron chi connectivity index (χ0n) is 28.5. The predicted octanol–water partition coefficient (Wildman–Crippen LogP) is 6.67. The smallest absolute Gasteiger partial charge is 0.415 e. The summed E-state index contributed by atoms with van der Waals surface area (Å²) < 4.78 is 12.7. The number of carbonyl (C=O) groups is 3. The van der Waals surface area contributed by atoms with Crippen LogP contribution in [0.15, 0.2) is 128 Å². The second-order valence-corrected chi connectivity index (χ2v) is 12.8. The number of aromatic nitrogens is 2. The van der Waals surface area contributed by atoms with E-state index < -0.39 is 35.2 Å². The fourth-order valence-corrected chi connectivity index (χ4v) is 5.87. The van der Waals surface area contributed by atoms with Gasteiger partial charge in [0.05, 0.1) is 19.1 Å². The summed E-state index contributed by atoms with van der Waals surface area (Å²) in [5.41, 5.74) is 3.54. The van der Waals surface area contributed by atoms with Crippen LogP contribution in [0.2, 0.25) is 0 Å². The molecule has 4 aromatic carbocycles. The summed E-state index contributed by atoms with van der Waals surface area (Å²) in [6.07, 6.45) is 3.02. The summed E-state index contributed by atoms with van der Waals surface area (Å²) in [4.78, 5) is 45.8. The van der Waals surface area contributed by atoms with E-state index in [1.165, 1.54) is 12.0 Å². The zero-order chi connectivity index (χ0) is 35.0. The highest BCUT2D eigenvalue weighted by molar-refractivity contribution is 5.96. The Balaban J connectivity index is 1.46. The van der Waals surface area contributed by atoms with Crippen molar-refractivity contribution < 1.29 is 23.9 Å². The van der Waals surface area contributed by atoms with Gasteiger partial charge >= 0.3 is 12.1 Å². The topological polar surface area (TPSA) is 103 Å². The zero-order valence-corrected chi connectivity index (χ0v) is 28.5. The Morgan fingerprint density at radius 3 is 1.78 bits per heavy atom. The van der Waals surface area contributed by atoms with Gasteiger partial charge in [0, 0.05) is 18.3 Å². The Bertz CT molecular complexity index is 1750. The molecule has 49 heavy (non-hydrogen) atoms. The van der Waals surface area contributed by atoms with Gasteiger partial charge in [-0.25, -0.2) is 14.6 Å². The van der Waals surface area contributed by atoms with E-state index in [0.717, 1.165) is 22.3 Å². The number of hydrogen-bond donors (Lipinski definition) is 1. The Morgan fingerprint density at radius 1 is 0.796 bits per heavy atom. The molecule has 0 radical (unpaired) electrons. The Morgan fingerprint density at radius 2 is 1.31 bits per heavy atom. The number of imidazole rings is 1. The molecule has 0 unspecified atom stereocenters. The van der Waals surface area contributed by atoms with Crippen LogP contribution in [0.5, 0.6) is 0 Å². The van der Waals surface area contributed by atoms with Crippen LogP contribution in [0, 0.1) is 6.92 Å². The van der Waals surface area contributed by atoms with Gasteiger partial charge in [0.1, 0.15) is 23.7 Å². The van der Waals surface area contributed by atoms with Gasteiger partial charge in [0.15, 0.2) is 0 Å². The molecular formula is C40H42N4O5. The van der Waals surface area contributed by atoms with Gasteiger partial charge in [-0.2, -0.15) is 0 Å². The van der Waals surface area contributed by atoms with Crippen molar-refractivity contribution in [2.45, 2.75) is 51.3 Å². The van der Waals surface area contributed by atoms with Gasteiger partial charge < -0.3 is 19.4 Å². The SMILES string of the molecule is COC(=O)[C@H](Cc1cn(C(c2ccccc2)(c2ccccc2)c2ccccc2)cn1)NC(=O)CN(C(=O)OC(C)(C)C)c1ccc(C)cc1. The van der Waals surface area contributed by atoms with Gasteiger partial charge in [-0.15, -0.1) is 0 Å². The lowest BCUT2D eigenvalue weighted by atomic mass is 9.77. The van der Waals surface area contributed by atoms with Crippen molar-refractivity contribution in [3.8, 4) is 0 Å². The van der Waals surface area contributed by atoms with Gasteiger partial charge in [0.25, 0.3) is 0 Å². The number of nitrogens with one attached hydrogen (secondary N) is 1. The Labute approximate surface area is 287 Å². The van der Waals surface area contributed by atoms with E-state index in [0.29, 0.717) is 11.4 Å². The largest absolute Gasteiger partial charge is 0.467 e. The van der Waals surface area contributed by atoms with E-state index in [4.69, 9.17) is 14.5 Å². The molecule has 0 bridgehead atoms. The highest BCUT2D eigenvalue weighted by atomic mass is 16.6. The number of aryl methyl sites for hydroxylation is 1. The van der Waals surface area contributed by atoms with Gasteiger partial charge in [-0.05, 0) is 56.5 Å². The van der Waals surface area contributed by atoms with Crippen LogP contribution in [0.4, 0.5) is 10.5 Å². The summed E-state index contributed by atoms with van der Waals surface area (Å²) in [6, 6.07) is 36.6. The molecule has 2 amide bonds. The Hall–Kier alpha value is -5.70. The van der Waals surface area contributed by atoms with Crippen molar-refractivity contribution in [1.29, 1.82) is 0 Å². The van der Waals surface area contributed by atoms with E-state index in [9.17, 15) is 14.4 Å². The molecule has 1 heterocycles. The number of rotatable bonds is 11. The van der Waals surface area contributed by atoms with Gasteiger partial charge in [-0.3, -0.25) is 9.69 Å². The molecule has 0 fully saturated rings. The highest BCUT2D eigenvalue weighted by Crippen LogP contribution is 2.40. The number of benzene rings is 4. The number of hydrogen-bond acceptors (Lipinski definition) is 6. The van der Waals surface area contributed by atoms with Crippen LogP contribution >= 0.6 is 0 Å². The standard InChI is InChI=1S/C40H42N4O5/c1-29-21-23-34(24-22-29)44(38(47)49-39(2,3)4)27-36(45)42-35(37(46)48-5)25-33-26-43(28-41-33)40(30-15-9-6-10-16-30,31-17-11-7-12-18-31)32-19-13-8-14-20-32/h6-24,26,28,35H,25,27H2,1-5H3,(H,42,45)/t35-/m0/s1. The maximum Gasteiger partial charge on any atom is 0.415 e. The second kappa shape index (κ2) is 15.0. The van der Waals surface area contributed by atoms with Crippen molar-refractivity contribution in [3.63, 3.8) is 0 Å². The molecule has 0 saturated carbocycles. The monoisotopic (exact) mass is 658 g/mol. The molecule has 252 valence electrons. The van der Waals surface area contributed by atoms with Crippen LogP contribution in [0.1, 0.15) is 48.7 Å². The van der Waals surface area contributed by atoms with Crippen molar-refractivity contribution in [2.24, 2.45) is 0 Å². The lowest BCUT2D eigenvalue weighted by molar-refractivity contribution is -0.144. The molecule has 0 aliphatic heterocycles. The van der Waals surface area contributed by atoms with E-state index in [1.54, 1.807) is 39.2 Å². The van der Waals surface area contributed by atoms with Crippen molar-refractivity contribution in [3.05, 3.63) is 156 Å². The van der Waals surface area contributed by atoms with Gasteiger partial charge in [0.2, 0.25) is 5.91 Å². The molecule has 1 atom stereocenters. The molecule has 0 saturated heterocycles. The lowest BCUT2D eigenvalue weighted by Gasteiger charge is -2.37. The van der Waals surface area contributed by atoms with Crippen LogP contribution in [-0.2, 0) is 31.0 Å². The number of carbonyl (C=O) groups excluding carboxylic acids is 3. The Kier molecular flexibility index (Phi) is 10.6. The van der Waals surface area contributed by atoms with Crippen LogP contribution in [0.25, 0.3) is 0 Å². The number of methoxy groups -OCH3 is 1. The summed E-state index contributed by atoms with van der Waals surface area (Å²) in [7, 11) is 1.27. The minimum absolute atomic E-state index is 0.0524. The van der Waals surface area contributed by atoms with E-state index in [-0.39, 0.29) is 13.0 Å². The molecular weight excluding hydrogens is 616 g/mol. The highest BCUT2D eigenvalue weighted by Gasteiger charge is 2.38. The molecule has 5 aromatic rings. The van der Waals surface area contributed by atoms with Crippen LogP contribution in [0.3, 0.4) is 0 Å². The number of esters is 1. The summed E-state index contributed by atoms with van der Waals surface area (Å²) in [5.74, 6) is -1.20. The average Bonchev–Trinajstić information content (AvgIpc) is 3.56. The maximum atomic E-state index is 13.5. The van der Waals surface area contributed by atoms with E-state index in [1.807, 2.05) is 84.4 Å². The summed E-state index contributed by atoms with van der Waals surface area (Å²) in [5, 5.41) is 2.78. The first-order chi connectivity index (χ1) is 23.5. The fourth-order valence-electron chi connectivity index (χ4n) is 5.87. The normalized spacial score (nSPS) is 12.1. The third kappa shape index (κ3) is 8.06. The van der Waals surface area contributed by atoms with Crippen molar-refractivity contribution in [1.82, 2.24) is 14.9 Å². The quantitative estimate of drug-likeness (QED) is 0.126. The first kappa shape index (κ1) is 34.6. The molecule has 0 aliphatic carbocycles. The van der Waals surface area contributed by atoms with Crippen LogP contribution in [-0.4, -0.2) is 52.8 Å². The summed E-state index contributed by atoms with van der Waals surface area (Å²) >= 11 is 0. The molecule has 0 aliphatic rings. The maximum absolute atomic E-state index is 13.5. The minimum atomic E-state index is -1.07. The number of anilines is 1. The first-order valence-corrected chi connectivity index (χ1v) is 16.2. The fraction of sp³-hybridized carbons (Fsp3) is 0.250. The number of amides is 2. The van der Waals surface area contributed by atoms with Crippen molar-refractivity contribution in [2.75, 3.05) is 18.6 Å².